The highest BCUT2D eigenvalue weighted by Crippen LogP contribution is 2.22. The van der Waals surface area contributed by atoms with Crippen molar-refractivity contribution in [1.82, 2.24) is 10.2 Å². The van der Waals surface area contributed by atoms with Crippen LogP contribution >= 0.6 is 0 Å². The first-order valence-corrected chi connectivity index (χ1v) is 6.20. The second kappa shape index (κ2) is 6.41. The maximum absolute atomic E-state index is 3.52. The molecule has 1 unspecified atom stereocenters. The van der Waals surface area contributed by atoms with Crippen molar-refractivity contribution < 1.29 is 0 Å². The summed E-state index contributed by atoms with van der Waals surface area (Å²) in [5, 5.41) is 3.52. The quantitative estimate of drug-likeness (QED) is 0.728. The third kappa shape index (κ3) is 3.25. The minimum Gasteiger partial charge on any atom is -0.314 e. The molecule has 0 bridgehead atoms. The van der Waals surface area contributed by atoms with Crippen LogP contribution in [-0.4, -0.2) is 37.6 Å². The third-order valence-corrected chi connectivity index (χ3v) is 3.42. The second-order valence-electron chi connectivity index (χ2n) is 4.59. The Balaban J connectivity index is 2.46. The highest BCUT2D eigenvalue weighted by Gasteiger charge is 2.25. The van der Waals surface area contributed by atoms with Crippen LogP contribution < -0.4 is 5.32 Å². The van der Waals surface area contributed by atoms with Crippen molar-refractivity contribution in [3.05, 3.63) is 0 Å². The molecule has 0 aromatic carbocycles. The van der Waals surface area contributed by atoms with Gasteiger partial charge in [0, 0.05) is 25.7 Å². The normalized spacial score (nSPS) is 24.4. The Kier molecular flexibility index (Phi) is 5.49. The van der Waals surface area contributed by atoms with Gasteiger partial charge in [-0.1, -0.05) is 26.7 Å². The molecule has 1 aliphatic rings. The smallest absolute Gasteiger partial charge is 0.0246 e. The Morgan fingerprint density at radius 3 is 2.43 bits per heavy atom. The first-order chi connectivity index (χ1) is 6.79. The summed E-state index contributed by atoms with van der Waals surface area (Å²) in [6, 6.07) is 0.781. The summed E-state index contributed by atoms with van der Waals surface area (Å²) in [6.07, 6.45) is 5.44. The molecule has 2 heteroatoms. The summed E-state index contributed by atoms with van der Waals surface area (Å²) < 4.78 is 0. The van der Waals surface area contributed by atoms with Crippen molar-refractivity contribution >= 4 is 0 Å². The SMILES string of the molecule is CCCC(CCC)C1CNCCN1C. The Labute approximate surface area is 89.1 Å². The van der Waals surface area contributed by atoms with Gasteiger partial charge >= 0.3 is 0 Å². The molecule has 0 radical (unpaired) electrons. The molecule has 0 amide bonds. The van der Waals surface area contributed by atoms with Crippen LogP contribution in [0.3, 0.4) is 0 Å². The zero-order valence-corrected chi connectivity index (χ0v) is 10.1. The van der Waals surface area contributed by atoms with E-state index in [1.165, 1.54) is 38.8 Å². The van der Waals surface area contributed by atoms with Gasteiger partial charge in [0.05, 0.1) is 0 Å². The van der Waals surface area contributed by atoms with Crippen LogP contribution in [0.1, 0.15) is 39.5 Å². The van der Waals surface area contributed by atoms with Crippen LogP contribution in [0.15, 0.2) is 0 Å². The summed E-state index contributed by atoms with van der Waals surface area (Å²) in [4.78, 5) is 2.55. The van der Waals surface area contributed by atoms with E-state index >= 15 is 0 Å². The van der Waals surface area contributed by atoms with Gasteiger partial charge in [-0.15, -0.1) is 0 Å². The van der Waals surface area contributed by atoms with E-state index in [0.29, 0.717) is 0 Å². The zero-order chi connectivity index (χ0) is 10.4. The lowest BCUT2D eigenvalue weighted by Crippen LogP contribution is -2.52. The molecule has 1 heterocycles. The molecule has 1 fully saturated rings. The van der Waals surface area contributed by atoms with Crippen molar-refractivity contribution in [2.24, 2.45) is 5.92 Å². The number of hydrogen-bond acceptors (Lipinski definition) is 2. The molecule has 1 rings (SSSR count). The Bertz CT molecular complexity index is 141. The summed E-state index contributed by atoms with van der Waals surface area (Å²) in [6.45, 7) is 8.19. The van der Waals surface area contributed by atoms with E-state index in [2.05, 4.69) is 31.1 Å². The largest absolute Gasteiger partial charge is 0.314 e. The lowest BCUT2D eigenvalue weighted by molar-refractivity contribution is 0.130. The number of likely N-dealkylation sites (N-methyl/N-ethyl adjacent to an activating group) is 1. The molecule has 0 saturated carbocycles. The van der Waals surface area contributed by atoms with Crippen LogP contribution in [0.2, 0.25) is 0 Å². The summed E-state index contributed by atoms with van der Waals surface area (Å²) in [5.41, 5.74) is 0. The standard InChI is InChI=1S/C12H26N2/c1-4-6-11(7-5-2)12-10-13-8-9-14(12)3/h11-13H,4-10H2,1-3H3. The lowest BCUT2D eigenvalue weighted by Gasteiger charge is -2.38. The molecule has 1 atom stereocenters. The van der Waals surface area contributed by atoms with Gasteiger partial charge in [0.15, 0.2) is 0 Å². The van der Waals surface area contributed by atoms with Gasteiger partial charge in [0.2, 0.25) is 0 Å². The van der Waals surface area contributed by atoms with Crippen LogP contribution in [0, 0.1) is 5.92 Å². The lowest BCUT2D eigenvalue weighted by atomic mass is 9.88. The molecule has 0 aliphatic carbocycles. The zero-order valence-electron chi connectivity index (χ0n) is 10.1. The predicted octanol–water partition coefficient (Wildman–Crippen LogP) is 2.11. The molecule has 1 N–H and O–H groups in total. The van der Waals surface area contributed by atoms with Gasteiger partial charge < -0.3 is 10.2 Å². The van der Waals surface area contributed by atoms with E-state index < -0.39 is 0 Å². The second-order valence-corrected chi connectivity index (χ2v) is 4.59. The monoisotopic (exact) mass is 198 g/mol. The van der Waals surface area contributed by atoms with Gasteiger partial charge in [-0.05, 0) is 25.8 Å². The van der Waals surface area contributed by atoms with Crippen molar-refractivity contribution in [2.45, 2.75) is 45.6 Å². The molecule has 84 valence electrons. The van der Waals surface area contributed by atoms with E-state index in [9.17, 15) is 0 Å². The minimum absolute atomic E-state index is 0.781. The van der Waals surface area contributed by atoms with E-state index in [1.807, 2.05) is 0 Å². The van der Waals surface area contributed by atoms with Gasteiger partial charge in [-0.2, -0.15) is 0 Å². The fourth-order valence-electron chi connectivity index (χ4n) is 2.62. The van der Waals surface area contributed by atoms with Crippen LogP contribution in [0.5, 0.6) is 0 Å². The molecule has 0 aromatic heterocycles. The van der Waals surface area contributed by atoms with Crippen molar-refractivity contribution in [3.63, 3.8) is 0 Å². The van der Waals surface area contributed by atoms with Gasteiger partial charge in [-0.3, -0.25) is 0 Å². The number of nitrogens with zero attached hydrogens (tertiary/aromatic N) is 1. The maximum Gasteiger partial charge on any atom is 0.0246 e. The van der Waals surface area contributed by atoms with Crippen LogP contribution in [0.25, 0.3) is 0 Å². The predicted molar refractivity (Wildman–Crippen MR) is 62.6 cm³/mol. The molecule has 0 spiro atoms. The van der Waals surface area contributed by atoms with E-state index in [0.717, 1.165) is 18.5 Å². The fourth-order valence-corrected chi connectivity index (χ4v) is 2.62. The van der Waals surface area contributed by atoms with Crippen LogP contribution in [-0.2, 0) is 0 Å². The van der Waals surface area contributed by atoms with Crippen LogP contribution in [0.4, 0.5) is 0 Å². The molecular weight excluding hydrogens is 172 g/mol. The van der Waals surface area contributed by atoms with E-state index in [4.69, 9.17) is 0 Å². The Hall–Kier alpha value is -0.0800. The molecular formula is C12H26N2. The average Bonchev–Trinajstić information content (AvgIpc) is 2.18. The fraction of sp³-hybridized carbons (Fsp3) is 1.00. The first kappa shape index (κ1) is 12.0. The maximum atomic E-state index is 3.52. The number of rotatable bonds is 5. The summed E-state index contributed by atoms with van der Waals surface area (Å²) in [5.74, 6) is 0.905. The Morgan fingerprint density at radius 2 is 1.93 bits per heavy atom. The van der Waals surface area contributed by atoms with Crippen molar-refractivity contribution in [1.29, 1.82) is 0 Å². The summed E-state index contributed by atoms with van der Waals surface area (Å²) in [7, 11) is 2.28. The minimum atomic E-state index is 0.781. The van der Waals surface area contributed by atoms with Gasteiger partial charge in [0.25, 0.3) is 0 Å². The number of nitrogens with one attached hydrogen (secondary N) is 1. The molecule has 2 nitrogen and oxygen atoms in total. The van der Waals surface area contributed by atoms with Gasteiger partial charge in [0.1, 0.15) is 0 Å². The number of piperazine rings is 1. The van der Waals surface area contributed by atoms with Gasteiger partial charge in [-0.25, -0.2) is 0 Å². The first-order valence-electron chi connectivity index (χ1n) is 6.20. The van der Waals surface area contributed by atoms with Crippen molar-refractivity contribution in [3.8, 4) is 0 Å². The van der Waals surface area contributed by atoms with Crippen molar-refractivity contribution in [2.75, 3.05) is 26.7 Å². The average molecular weight is 198 g/mol. The molecule has 0 aromatic rings. The van der Waals surface area contributed by atoms with E-state index in [1.54, 1.807) is 0 Å². The highest BCUT2D eigenvalue weighted by atomic mass is 15.2. The van der Waals surface area contributed by atoms with E-state index in [-0.39, 0.29) is 0 Å². The highest BCUT2D eigenvalue weighted by molar-refractivity contribution is 4.83. The molecule has 1 saturated heterocycles. The molecule has 1 aliphatic heterocycles. The summed E-state index contributed by atoms with van der Waals surface area (Å²) >= 11 is 0. The third-order valence-electron chi connectivity index (χ3n) is 3.42. The topological polar surface area (TPSA) is 15.3 Å². The number of hydrogen-bond donors (Lipinski definition) is 1. The Morgan fingerprint density at radius 1 is 1.29 bits per heavy atom. The molecule has 14 heavy (non-hydrogen) atoms.